The molecule has 2 fully saturated rings. The molecule has 2 heterocycles. The van der Waals surface area contributed by atoms with Crippen LogP contribution >= 0.6 is 0 Å². The van der Waals surface area contributed by atoms with E-state index in [0.29, 0.717) is 35.4 Å². The number of primary sulfonamides is 1. The number of hydrogen-bond donors (Lipinski definition) is 2. The number of aliphatic imine (C=N–C) groups is 1. The smallest absolute Gasteiger partial charge is 0.239 e. The summed E-state index contributed by atoms with van der Waals surface area (Å²) in [6.07, 6.45) is 5.65. The quantitative estimate of drug-likeness (QED) is 0.595. The minimum absolute atomic E-state index is 0.00508. The number of benzene rings is 2. The first-order chi connectivity index (χ1) is 16.8. The Kier molecular flexibility index (Phi) is 6.83. The number of azo groups is 1. The maximum atomic E-state index is 15.7. The van der Waals surface area contributed by atoms with Crippen molar-refractivity contribution in [3.05, 3.63) is 53.1 Å². The maximum Gasteiger partial charge on any atom is 0.239 e. The Morgan fingerprint density at radius 1 is 1.03 bits per heavy atom. The average molecular weight is 498 g/mol. The zero-order chi connectivity index (χ0) is 24.5. The van der Waals surface area contributed by atoms with E-state index in [-0.39, 0.29) is 23.8 Å². The molecule has 3 N–H and O–H groups in total. The van der Waals surface area contributed by atoms with Gasteiger partial charge in [-0.15, -0.1) is 5.11 Å². The molecule has 0 unspecified atom stereocenters. The molecule has 5 rings (SSSR count). The van der Waals surface area contributed by atoms with Crippen LogP contribution in [0.25, 0.3) is 11.1 Å². The van der Waals surface area contributed by atoms with E-state index >= 15 is 4.39 Å². The number of nitrogens with two attached hydrogens (primary N) is 1. The highest BCUT2D eigenvalue weighted by molar-refractivity contribution is 7.89. The number of halogens is 1. The molecule has 0 radical (unpaired) electrons. The molecule has 0 bridgehead atoms. The van der Waals surface area contributed by atoms with Gasteiger partial charge in [-0.2, -0.15) is 5.11 Å². The van der Waals surface area contributed by atoms with Crippen LogP contribution in [0.3, 0.4) is 0 Å². The molecule has 2 aromatic rings. The summed E-state index contributed by atoms with van der Waals surface area (Å²) < 4.78 is 41.6. The third-order valence-corrected chi connectivity index (χ3v) is 8.52. The monoisotopic (exact) mass is 497 g/mol. The molecule has 35 heavy (non-hydrogen) atoms. The third kappa shape index (κ3) is 5.22. The van der Waals surface area contributed by atoms with Crippen molar-refractivity contribution < 1.29 is 12.8 Å². The lowest BCUT2D eigenvalue weighted by Crippen LogP contribution is -2.30. The van der Waals surface area contributed by atoms with E-state index in [2.05, 4.69) is 32.7 Å². The van der Waals surface area contributed by atoms with Gasteiger partial charge < -0.3 is 5.32 Å². The molecule has 0 spiro atoms. The predicted octanol–water partition coefficient (Wildman–Crippen LogP) is 4.85. The lowest BCUT2D eigenvalue weighted by molar-refractivity contribution is 0.107. The van der Waals surface area contributed by atoms with Crippen molar-refractivity contribution in [2.75, 3.05) is 19.8 Å². The minimum atomic E-state index is -4.19. The number of amidine groups is 1. The summed E-state index contributed by atoms with van der Waals surface area (Å²) in [5.74, 6) is 0.737. The van der Waals surface area contributed by atoms with E-state index in [1.54, 1.807) is 6.07 Å². The van der Waals surface area contributed by atoms with Gasteiger partial charge in [-0.3, -0.25) is 0 Å². The highest BCUT2D eigenvalue weighted by atomic mass is 32.2. The predicted molar refractivity (Wildman–Crippen MR) is 135 cm³/mol. The Bertz CT molecular complexity index is 1250. The van der Waals surface area contributed by atoms with E-state index in [1.807, 2.05) is 18.2 Å². The van der Waals surface area contributed by atoms with Crippen molar-refractivity contribution in [2.24, 2.45) is 20.4 Å². The van der Waals surface area contributed by atoms with Crippen LogP contribution in [0.1, 0.15) is 67.6 Å². The summed E-state index contributed by atoms with van der Waals surface area (Å²) in [7, 11) is -4.19. The van der Waals surface area contributed by atoms with E-state index in [0.717, 1.165) is 50.8 Å². The second-order valence-electron chi connectivity index (χ2n) is 9.92. The molecule has 2 aromatic carbocycles. The number of nitrogens with one attached hydrogen (secondary N) is 1. The number of piperidine rings is 1. The first kappa shape index (κ1) is 24.2. The fourth-order valence-corrected chi connectivity index (χ4v) is 6.70. The summed E-state index contributed by atoms with van der Waals surface area (Å²) in [5, 5.41) is 17.2. The van der Waals surface area contributed by atoms with Gasteiger partial charge in [0.25, 0.3) is 0 Å². The molecule has 3 aliphatic rings. The average Bonchev–Trinajstić information content (AvgIpc) is 3.39. The van der Waals surface area contributed by atoms with Crippen LogP contribution in [0.4, 0.5) is 4.39 Å². The first-order valence-electron chi connectivity index (χ1n) is 12.5. The summed E-state index contributed by atoms with van der Waals surface area (Å²) in [6.45, 7) is 2.15. The molecule has 9 heteroatoms. The summed E-state index contributed by atoms with van der Waals surface area (Å²) in [5.41, 5.74) is 2.03. The third-order valence-electron chi connectivity index (χ3n) is 7.49. The topological polar surface area (TPSA) is 109 Å². The Morgan fingerprint density at radius 3 is 2.37 bits per heavy atom. The maximum absolute atomic E-state index is 15.7. The fourth-order valence-electron chi connectivity index (χ4n) is 5.70. The molecule has 2 aliphatic heterocycles. The molecule has 0 amide bonds. The van der Waals surface area contributed by atoms with Gasteiger partial charge in [0, 0.05) is 12.0 Å². The molecular weight excluding hydrogens is 465 g/mol. The van der Waals surface area contributed by atoms with E-state index in [1.165, 1.54) is 5.56 Å². The Labute approximate surface area is 206 Å². The summed E-state index contributed by atoms with van der Waals surface area (Å²) in [6, 6.07) is 11.8. The van der Waals surface area contributed by atoms with Crippen LogP contribution in [0, 0.1) is 0 Å². The zero-order valence-electron chi connectivity index (χ0n) is 19.8. The second kappa shape index (κ2) is 9.87. The minimum Gasteiger partial charge on any atom is -0.317 e. The molecule has 1 saturated heterocycles. The summed E-state index contributed by atoms with van der Waals surface area (Å²) >= 11 is 0. The second-order valence-corrected chi connectivity index (χ2v) is 11.4. The molecule has 1 aliphatic carbocycles. The number of hydrogen-bond acceptors (Lipinski definition) is 6. The first-order valence-corrected chi connectivity index (χ1v) is 14.0. The molecular formula is C26H32FN5O2S. The highest BCUT2D eigenvalue weighted by Gasteiger charge is 2.35. The van der Waals surface area contributed by atoms with Crippen LogP contribution in [0.2, 0.25) is 0 Å². The molecule has 0 aromatic heterocycles. The van der Waals surface area contributed by atoms with Gasteiger partial charge in [0.1, 0.15) is 5.67 Å². The van der Waals surface area contributed by atoms with Gasteiger partial charge in [-0.25, -0.2) is 22.9 Å². The van der Waals surface area contributed by atoms with Crippen molar-refractivity contribution >= 4 is 15.9 Å². The standard InChI is InChI=1S/C26H32FN5O2S/c27-26(12-2-1-3-13-26)16-21-8-9-22(23(24(21)35(28,33)34)25-30-17-31-32-25)20-6-4-18(5-7-20)19-10-14-29-15-11-19/h4-9,19,29H,1-3,10-17H2,(H2,28,33,34). The van der Waals surface area contributed by atoms with Crippen LogP contribution in [0.5, 0.6) is 0 Å². The van der Waals surface area contributed by atoms with Crippen LogP contribution in [-0.4, -0.2) is 39.7 Å². The van der Waals surface area contributed by atoms with Gasteiger partial charge in [-0.05, 0) is 66.9 Å². The van der Waals surface area contributed by atoms with Crippen molar-refractivity contribution in [2.45, 2.75) is 67.8 Å². The molecule has 1 saturated carbocycles. The van der Waals surface area contributed by atoms with Gasteiger partial charge in [0.15, 0.2) is 12.5 Å². The van der Waals surface area contributed by atoms with Gasteiger partial charge in [-0.1, -0.05) is 55.7 Å². The molecule has 0 atom stereocenters. The van der Waals surface area contributed by atoms with Crippen molar-refractivity contribution in [1.29, 1.82) is 0 Å². The number of rotatable bonds is 6. The number of sulfonamides is 1. The number of nitrogens with zero attached hydrogens (tertiary/aromatic N) is 3. The molecule has 7 nitrogen and oxygen atoms in total. The van der Waals surface area contributed by atoms with E-state index in [4.69, 9.17) is 5.14 Å². The van der Waals surface area contributed by atoms with Crippen molar-refractivity contribution in [1.82, 2.24) is 5.32 Å². The van der Waals surface area contributed by atoms with Crippen LogP contribution < -0.4 is 10.5 Å². The Balaban J connectivity index is 1.61. The van der Waals surface area contributed by atoms with Gasteiger partial charge in [0.05, 0.1) is 4.90 Å². The lowest BCUT2D eigenvalue weighted by Gasteiger charge is -2.30. The SMILES string of the molecule is NS(=O)(=O)c1c(CC2(F)CCCCC2)ccc(-c2ccc(C3CCNCC3)cc2)c1C1=NCN=N1. The zero-order valence-corrected chi connectivity index (χ0v) is 20.7. The fraction of sp³-hybridized carbons (Fsp3) is 0.500. The van der Waals surface area contributed by atoms with Crippen LogP contribution in [0.15, 0.2) is 56.5 Å². The normalized spacial score (nSPS) is 20.7. The van der Waals surface area contributed by atoms with Crippen LogP contribution in [-0.2, 0) is 16.4 Å². The van der Waals surface area contributed by atoms with Gasteiger partial charge >= 0.3 is 0 Å². The number of alkyl halides is 1. The van der Waals surface area contributed by atoms with Crippen molar-refractivity contribution in [3.8, 4) is 11.1 Å². The summed E-state index contributed by atoms with van der Waals surface area (Å²) in [4.78, 5) is 4.24. The Morgan fingerprint density at radius 2 is 1.74 bits per heavy atom. The largest absolute Gasteiger partial charge is 0.317 e. The van der Waals surface area contributed by atoms with E-state index in [9.17, 15) is 8.42 Å². The highest BCUT2D eigenvalue weighted by Crippen LogP contribution is 2.39. The lowest BCUT2D eigenvalue weighted by atomic mass is 9.81. The van der Waals surface area contributed by atoms with Crippen molar-refractivity contribution in [3.63, 3.8) is 0 Å². The van der Waals surface area contributed by atoms with E-state index < -0.39 is 15.7 Å². The van der Waals surface area contributed by atoms with Gasteiger partial charge in [0.2, 0.25) is 10.0 Å². The Hall–Kier alpha value is -2.49. The molecule has 186 valence electrons.